The van der Waals surface area contributed by atoms with Crippen LogP contribution < -0.4 is 5.32 Å². The van der Waals surface area contributed by atoms with E-state index < -0.39 is 0 Å². The predicted molar refractivity (Wildman–Crippen MR) is 68.1 cm³/mol. The van der Waals surface area contributed by atoms with Crippen LogP contribution in [0.2, 0.25) is 0 Å². The van der Waals surface area contributed by atoms with Crippen LogP contribution in [0.25, 0.3) is 0 Å². The Balaban J connectivity index is 1.92. The van der Waals surface area contributed by atoms with Gasteiger partial charge in [-0.2, -0.15) is 5.10 Å². The molecule has 1 amide bonds. The van der Waals surface area contributed by atoms with Crippen LogP contribution in [0.4, 0.5) is 0 Å². The first kappa shape index (κ1) is 12.3. The highest BCUT2D eigenvalue weighted by Gasteiger charge is 2.10. The van der Waals surface area contributed by atoms with E-state index in [1.165, 1.54) is 0 Å². The number of nitrogens with one attached hydrogen (secondary N) is 1. The summed E-state index contributed by atoms with van der Waals surface area (Å²) in [5.41, 5.74) is 1.48. The molecular formula is C13H16N4O. The zero-order valence-corrected chi connectivity index (χ0v) is 10.5. The molecule has 0 saturated carbocycles. The number of carbonyl (C=O) groups excluding carboxylic acids is 1. The Bertz CT molecular complexity index is 504. The van der Waals surface area contributed by atoms with Crippen molar-refractivity contribution < 1.29 is 4.79 Å². The standard InChI is InChI=1S/C13H16N4O/c1-10-4-5-12(8-14-10)13(18)16-11(2)9-17-7-3-6-15-17/h3-8,11H,9H2,1-2H3,(H,16,18)/t11-/m1/s1. The fourth-order valence-corrected chi connectivity index (χ4v) is 1.64. The van der Waals surface area contributed by atoms with Crippen molar-refractivity contribution in [3.05, 3.63) is 48.0 Å². The summed E-state index contributed by atoms with van der Waals surface area (Å²) in [7, 11) is 0. The van der Waals surface area contributed by atoms with Gasteiger partial charge in [-0.15, -0.1) is 0 Å². The molecule has 1 atom stereocenters. The molecule has 5 heteroatoms. The Morgan fingerprint density at radius 2 is 2.33 bits per heavy atom. The lowest BCUT2D eigenvalue weighted by molar-refractivity contribution is 0.0935. The van der Waals surface area contributed by atoms with Gasteiger partial charge >= 0.3 is 0 Å². The third kappa shape index (κ3) is 3.16. The third-order valence-electron chi connectivity index (χ3n) is 2.57. The first-order chi connectivity index (χ1) is 8.65. The summed E-state index contributed by atoms with van der Waals surface area (Å²) in [5.74, 6) is -0.109. The second-order valence-corrected chi connectivity index (χ2v) is 4.29. The maximum absolute atomic E-state index is 11.9. The maximum Gasteiger partial charge on any atom is 0.253 e. The minimum Gasteiger partial charge on any atom is -0.348 e. The van der Waals surface area contributed by atoms with Crippen molar-refractivity contribution in [2.24, 2.45) is 0 Å². The maximum atomic E-state index is 11.9. The zero-order valence-electron chi connectivity index (χ0n) is 10.5. The molecule has 2 heterocycles. The molecule has 18 heavy (non-hydrogen) atoms. The van der Waals surface area contributed by atoms with E-state index in [4.69, 9.17) is 0 Å². The topological polar surface area (TPSA) is 59.8 Å². The minimum absolute atomic E-state index is 0.0127. The Morgan fingerprint density at radius 1 is 1.50 bits per heavy atom. The van der Waals surface area contributed by atoms with Crippen LogP contribution in [0.1, 0.15) is 23.0 Å². The smallest absolute Gasteiger partial charge is 0.253 e. The molecule has 94 valence electrons. The van der Waals surface area contributed by atoms with Gasteiger partial charge in [0.05, 0.1) is 12.1 Å². The van der Waals surface area contributed by atoms with Gasteiger partial charge in [-0.1, -0.05) is 0 Å². The predicted octanol–water partition coefficient (Wildman–Crippen LogP) is 1.41. The summed E-state index contributed by atoms with van der Waals surface area (Å²) in [6, 6.07) is 5.47. The first-order valence-electron chi connectivity index (χ1n) is 5.86. The normalized spacial score (nSPS) is 12.1. The molecule has 2 aromatic rings. The van der Waals surface area contributed by atoms with Gasteiger partial charge in [0.15, 0.2) is 0 Å². The summed E-state index contributed by atoms with van der Waals surface area (Å²) in [5, 5.41) is 7.02. The molecule has 2 rings (SSSR count). The minimum atomic E-state index is -0.109. The quantitative estimate of drug-likeness (QED) is 0.884. The highest BCUT2D eigenvalue weighted by Crippen LogP contribution is 2.00. The second-order valence-electron chi connectivity index (χ2n) is 4.29. The Hall–Kier alpha value is -2.17. The number of aryl methyl sites for hydroxylation is 1. The van der Waals surface area contributed by atoms with Gasteiger partial charge in [0.1, 0.15) is 0 Å². The Labute approximate surface area is 106 Å². The van der Waals surface area contributed by atoms with Crippen molar-refractivity contribution in [3.8, 4) is 0 Å². The van der Waals surface area contributed by atoms with Crippen LogP contribution in [0, 0.1) is 6.92 Å². The van der Waals surface area contributed by atoms with Crippen molar-refractivity contribution in [1.29, 1.82) is 0 Å². The lowest BCUT2D eigenvalue weighted by Crippen LogP contribution is -2.35. The van der Waals surface area contributed by atoms with E-state index in [1.807, 2.05) is 32.2 Å². The summed E-state index contributed by atoms with van der Waals surface area (Å²) in [6.45, 7) is 4.49. The van der Waals surface area contributed by atoms with Crippen molar-refractivity contribution in [2.45, 2.75) is 26.4 Å². The van der Waals surface area contributed by atoms with Crippen LogP contribution in [0.15, 0.2) is 36.8 Å². The molecule has 0 unspecified atom stereocenters. The Kier molecular flexibility index (Phi) is 3.72. The number of pyridine rings is 1. The third-order valence-corrected chi connectivity index (χ3v) is 2.57. The van der Waals surface area contributed by atoms with Crippen LogP contribution >= 0.6 is 0 Å². The fraction of sp³-hybridized carbons (Fsp3) is 0.308. The van der Waals surface area contributed by atoms with E-state index in [0.717, 1.165) is 5.69 Å². The molecule has 0 radical (unpaired) electrons. The van der Waals surface area contributed by atoms with E-state index in [0.29, 0.717) is 12.1 Å². The molecule has 0 fully saturated rings. The summed E-state index contributed by atoms with van der Waals surface area (Å²) in [4.78, 5) is 16.0. The van der Waals surface area contributed by atoms with Crippen molar-refractivity contribution in [3.63, 3.8) is 0 Å². The molecule has 0 aliphatic carbocycles. The van der Waals surface area contributed by atoms with E-state index in [1.54, 1.807) is 23.1 Å². The van der Waals surface area contributed by atoms with Gasteiger partial charge in [-0.25, -0.2) is 0 Å². The molecule has 0 aliphatic rings. The highest BCUT2D eigenvalue weighted by molar-refractivity contribution is 5.94. The Morgan fingerprint density at radius 3 is 2.94 bits per heavy atom. The number of rotatable bonds is 4. The lowest BCUT2D eigenvalue weighted by atomic mass is 10.2. The van der Waals surface area contributed by atoms with Crippen LogP contribution in [-0.4, -0.2) is 26.7 Å². The number of carbonyl (C=O) groups is 1. The number of nitrogens with zero attached hydrogens (tertiary/aromatic N) is 3. The molecule has 2 aromatic heterocycles. The number of hydrogen-bond acceptors (Lipinski definition) is 3. The first-order valence-corrected chi connectivity index (χ1v) is 5.86. The van der Waals surface area contributed by atoms with Gasteiger partial charge in [0.25, 0.3) is 5.91 Å². The zero-order chi connectivity index (χ0) is 13.0. The van der Waals surface area contributed by atoms with Crippen molar-refractivity contribution in [2.75, 3.05) is 0 Å². The van der Waals surface area contributed by atoms with Gasteiger partial charge in [0, 0.05) is 30.3 Å². The van der Waals surface area contributed by atoms with Crippen LogP contribution in [0.3, 0.4) is 0 Å². The summed E-state index contributed by atoms with van der Waals surface area (Å²) in [6.07, 6.45) is 5.18. The molecule has 0 saturated heterocycles. The molecule has 0 aromatic carbocycles. The lowest BCUT2D eigenvalue weighted by Gasteiger charge is -2.13. The van der Waals surface area contributed by atoms with E-state index in [-0.39, 0.29) is 11.9 Å². The van der Waals surface area contributed by atoms with Crippen molar-refractivity contribution in [1.82, 2.24) is 20.1 Å². The van der Waals surface area contributed by atoms with Crippen LogP contribution in [0.5, 0.6) is 0 Å². The average Bonchev–Trinajstić information content (AvgIpc) is 2.82. The molecule has 0 bridgehead atoms. The second kappa shape index (κ2) is 5.44. The molecular weight excluding hydrogens is 228 g/mol. The number of aromatic nitrogens is 3. The van der Waals surface area contributed by atoms with E-state index >= 15 is 0 Å². The molecule has 0 aliphatic heterocycles. The van der Waals surface area contributed by atoms with Gasteiger partial charge in [-0.05, 0) is 32.0 Å². The van der Waals surface area contributed by atoms with Gasteiger partial charge in [0.2, 0.25) is 0 Å². The largest absolute Gasteiger partial charge is 0.348 e. The number of hydrogen-bond donors (Lipinski definition) is 1. The summed E-state index contributed by atoms with van der Waals surface area (Å²) >= 11 is 0. The summed E-state index contributed by atoms with van der Waals surface area (Å²) < 4.78 is 1.79. The molecule has 1 N–H and O–H groups in total. The monoisotopic (exact) mass is 244 g/mol. The van der Waals surface area contributed by atoms with E-state index in [9.17, 15) is 4.79 Å². The van der Waals surface area contributed by atoms with Gasteiger partial charge in [-0.3, -0.25) is 14.5 Å². The average molecular weight is 244 g/mol. The van der Waals surface area contributed by atoms with Crippen molar-refractivity contribution >= 4 is 5.91 Å². The van der Waals surface area contributed by atoms with Crippen LogP contribution in [-0.2, 0) is 6.54 Å². The molecule has 5 nitrogen and oxygen atoms in total. The van der Waals surface area contributed by atoms with Gasteiger partial charge < -0.3 is 5.32 Å². The highest BCUT2D eigenvalue weighted by atomic mass is 16.1. The molecule has 0 spiro atoms. The SMILES string of the molecule is Cc1ccc(C(=O)N[C@H](C)Cn2cccn2)cn1. The fourth-order valence-electron chi connectivity index (χ4n) is 1.64. The number of amides is 1. The van der Waals surface area contributed by atoms with E-state index in [2.05, 4.69) is 15.4 Å².